The Kier molecular flexibility index (Phi) is 3.60. The average molecular weight is 332 g/mol. The summed E-state index contributed by atoms with van der Waals surface area (Å²) >= 11 is 0. The topological polar surface area (TPSA) is 82.0 Å². The molecule has 0 aromatic carbocycles. The summed E-state index contributed by atoms with van der Waals surface area (Å²) in [6.45, 7) is 6.17. The number of pyridine rings is 3. The smallest absolute Gasteiger partial charge is 0.164 e. The molecular weight excluding hydrogens is 312 g/mol. The zero-order valence-electron chi connectivity index (χ0n) is 14.6. The van der Waals surface area contributed by atoms with Crippen LogP contribution in [0, 0.1) is 13.8 Å². The molecule has 4 rings (SSSR count). The third-order valence-corrected chi connectivity index (χ3v) is 4.38. The molecule has 4 heterocycles. The minimum Gasteiger partial charge on any atom is -0.384 e. The number of anilines is 1. The number of nitrogens with two attached hydrogens (primary N) is 1. The number of rotatable bonds is 3. The van der Waals surface area contributed by atoms with Crippen LogP contribution in [0.5, 0.6) is 0 Å². The van der Waals surface area contributed by atoms with E-state index in [-0.39, 0.29) is 0 Å². The molecule has 4 aromatic rings. The van der Waals surface area contributed by atoms with Crippen LogP contribution in [0.25, 0.3) is 27.7 Å². The number of nitrogens with zero attached hydrogens (tertiary/aromatic N) is 5. The predicted molar refractivity (Wildman–Crippen MR) is 99.4 cm³/mol. The van der Waals surface area contributed by atoms with E-state index in [1.807, 2.05) is 23.7 Å². The second kappa shape index (κ2) is 5.81. The first kappa shape index (κ1) is 15.5. The number of nitrogen functional groups attached to an aromatic ring is 1. The van der Waals surface area contributed by atoms with Crippen molar-refractivity contribution in [3.63, 3.8) is 0 Å². The molecule has 0 aliphatic carbocycles. The second-order valence-electron chi connectivity index (χ2n) is 6.36. The molecule has 0 saturated carbocycles. The number of hydrogen-bond acceptors (Lipinski definition) is 5. The molecular formula is C19H20N6. The van der Waals surface area contributed by atoms with Gasteiger partial charge in [0.2, 0.25) is 0 Å². The SMILES string of the molecule is CCCc1cc(C)c(-c2cc3cnc(N)cc3n3nc(C)nc23)cn1. The highest BCUT2D eigenvalue weighted by Gasteiger charge is 2.15. The van der Waals surface area contributed by atoms with E-state index in [4.69, 9.17) is 5.73 Å². The summed E-state index contributed by atoms with van der Waals surface area (Å²) in [6.07, 6.45) is 5.79. The minimum absolute atomic E-state index is 0.469. The van der Waals surface area contributed by atoms with Crippen molar-refractivity contribution in [3.05, 3.63) is 47.7 Å². The van der Waals surface area contributed by atoms with Crippen molar-refractivity contribution in [1.82, 2.24) is 24.6 Å². The number of hydrogen-bond donors (Lipinski definition) is 1. The maximum Gasteiger partial charge on any atom is 0.164 e. The molecule has 0 aliphatic rings. The number of fused-ring (bicyclic) bond motifs is 3. The van der Waals surface area contributed by atoms with Gasteiger partial charge in [0.05, 0.1) is 5.52 Å². The fourth-order valence-corrected chi connectivity index (χ4v) is 3.23. The molecule has 4 aromatic heterocycles. The second-order valence-corrected chi connectivity index (χ2v) is 6.36. The van der Waals surface area contributed by atoms with Gasteiger partial charge in [-0.3, -0.25) is 4.98 Å². The maximum atomic E-state index is 5.86. The van der Waals surface area contributed by atoms with E-state index in [1.165, 1.54) is 5.56 Å². The van der Waals surface area contributed by atoms with Crippen LogP contribution in [0.4, 0.5) is 5.82 Å². The molecule has 0 spiro atoms. The standard InChI is InChI=1S/C19H20N6/c1-4-5-14-6-11(2)16(10-21-14)15-7-13-9-22-18(20)8-17(13)25-19(15)23-12(3)24-25/h6-10H,4-5H2,1-3H3,(H2,20,22). The van der Waals surface area contributed by atoms with Gasteiger partial charge in [0, 0.05) is 40.7 Å². The van der Waals surface area contributed by atoms with Crippen molar-refractivity contribution in [2.24, 2.45) is 0 Å². The van der Waals surface area contributed by atoms with Crippen LogP contribution in [0.3, 0.4) is 0 Å². The molecule has 6 heteroatoms. The lowest BCUT2D eigenvalue weighted by atomic mass is 10.0. The zero-order valence-corrected chi connectivity index (χ0v) is 14.6. The van der Waals surface area contributed by atoms with E-state index < -0.39 is 0 Å². The molecule has 0 amide bonds. The molecule has 126 valence electrons. The van der Waals surface area contributed by atoms with Gasteiger partial charge in [-0.15, -0.1) is 0 Å². The third kappa shape index (κ3) is 2.59. The van der Waals surface area contributed by atoms with Gasteiger partial charge >= 0.3 is 0 Å². The lowest BCUT2D eigenvalue weighted by molar-refractivity contribution is 0.880. The predicted octanol–water partition coefficient (Wildman–Crippen LogP) is 3.49. The van der Waals surface area contributed by atoms with Crippen LogP contribution in [0.15, 0.2) is 30.6 Å². The summed E-state index contributed by atoms with van der Waals surface area (Å²) in [6, 6.07) is 6.08. The van der Waals surface area contributed by atoms with Gasteiger partial charge in [0.25, 0.3) is 0 Å². The van der Waals surface area contributed by atoms with Gasteiger partial charge in [-0.2, -0.15) is 5.10 Å². The van der Waals surface area contributed by atoms with Crippen molar-refractivity contribution in [2.45, 2.75) is 33.6 Å². The Morgan fingerprint density at radius 3 is 2.64 bits per heavy atom. The quantitative estimate of drug-likeness (QED) is 0.621. The molecule has 0 saturated heterocycles. The van der Waals surface area contributed by atoms with Gasteiger partial charge in [-0.25, -0.2) is 14.5 Å². The van der Waals surface area contributed by atoms with Crippen LogP contribution in [0.2, 0.25) is 0 Å². The van der Waals surface area contributed by atoms with Gasteiger partial charge in [-0.1, -0.05) is 13.3 Å². The monoisotopic (exact) mass is 332 g/mol. The fourth-order valence-electron chi connectivity index (χ4n) is 3.23. The Hall–Kier alpha value is -3.02. The van der Waals surface area contributed by atoms with Crippen molar-refractivity contribution < 1.29 is 0 Å². The van der Waals surface area contributed by atoms with Crippen molar-refractivity contribution in [2.75, 3.05) is 5.73 Å². The molecule has 0 unspecified atom stereocenters. The largest absolute Gasteiger partial charge is 0.384 e. The first-order valence-electron chi connectivity index (χ1n) is 8.44. The highest BCUT2D eigenvalue weighted by Crippen LogP contribution is 2.31. The van der Waals surface area contributed by atoms with E-state index in [0.717, 1.165) is 52.0 Å². The summed E-state index contributed by atoms with van der Waals surface area (Å²) in [7, 11) is 0. The van der Waals surface area contributed by atoms with Crippen LogP contribution < -0.4 is 5.73 Å². The summed E-state index contributed by atoms with van der Waals surface area (Å²) in [5, 5.41) is 5.52. The highest BCUT2D eigenvalue weighted by molar-refractivity contribution is 5.92. The summed E-state index contributed by atoms with van der Waals surface area (Å²) in [5.74, 6) is 1.19. The average Bonchev–Trinajstić information content (AvgIpc) is 2.97. The van der Waals surface area contributed by atoms with E-state index in [2.05, 4.69) is 46.0 Å². The molecule has 0 aliphatic heterocycles. The summed E-state index contributed by atoms with van der Waals surface area (Å²) in [5.41, 5.74) is 11.9. The van der Waals surface area contributed by atoms with Gasteiger partial charge in [-0.05, 0) is 38.0 Å². The van der Waals surface area contributed by atoms with Gasteiger partial charge < -0.3 is 5.73 Å². The van der Waals surface area contributed by atoms with E-state index in [0.29, 0.717) is 5.82 Å². The minimum atomic E-state index is 0.469. The van der Waals surface area contributed by atoms with Crippen LogP contribution in [-0.4, -0.2) is 24.6 Å². The fraction of sp³-hybridized carbons (Fsp3) is 0.263. The highest BCUT2D eigenvalue weighted by atomic mass is 15.3. The first-order chi connectivity index (χ1) is 12.1. The molecule has 2 N–H and O–H groups in total. The van der Waals surface area contributed by atoms with E-state index >= 15 is 0 Å². The lowest BCUT2D eigenvalue weighted by Gasteiger charge is -2.11. The third-order valence-electron chi connectivity index (χ3n) is 4.38. The van der Waals surface area contributed by atoms with E-state index in [1.54, 1.807) is 6.20 Å². The van der Waals surface area contributed by atoms with Gasteiger partial charge in [0.1, 0.15) is 11.6 Å². The number of aromatic nitrogens is 5. The normalized spacial score (nSPS) is 11.5. The lowest BCUT2D eigenvalue weighted by Crippen LogP contribution is -1.99. The van der Waals surface area contributed by atoms with Crippen molar-refractivity contribution in [1.29, 1.82) is 0 Å². The Morgan fingerprint density at radius 1 is 1.04 bits per heavy atom. The summed E-state index contributed by atoms with van der Waals surface area (Å²) < 4.78 is 1.84. The number of aryl methyl sites for hydroxylation is 3. The molecule has 6 nitrogen and oxygen atoms in total. The van der Waals surface area contributed by atoms with Crippen molar-refractivity contribution in [3.8, 4) is 11.1 Å². The molecule has 0 bridgehead atoms. The molecule has 0 fully saturated rings. The van der Waals surface area contributed by atoms with Gasteiger partial charge in [0.15, 0.2) is 5.65 Å². The summed E-state index contributed by atoms with van der Waals surface area (Å²) in [4.78, 5) is 13.5. The first-order valence-corrected chi connectivity index (χ1v) is 8.44. The Morgan fingerprint density at radius 2 is 1.88 bits per heavy atom. The Bertz CT molecular complexity index is 1100. The molecule has 0 radical (unpaired) electrons. The maximum absolute atomic E-state index is 5.86. The zero-order chi connectivity index (χ0) is 17.6. The van der Waals surface area contributed by atoms with Crippen LogP contribution in [0.1, 0.15) is 30.4 Å². The van der Waals surface area contributed by atoms with E-state index in [9.17, 15) is 0 Å². The van der Waals surface area contributed by atoms with Crippen LogP contribution in [-0.2, 0) is 6.42 Å². The van der Waals surface area contributed by atoms with Crippen molar-refractivity contribution >= 4 is 22.4 Å². The Labute approximate surface area is 145 Å². The van der Waals surface area contributed by atoms with Crippen LogP contribution >= 0.6 is 0 Å². The molecule has 25 heavy (non-hydrogen) atoms. The Balaban J connectivity index is 2.02. The molecule has 0 atom stereocenters.